The quantitative estimate of drug-likeness (QED) is 0.813. The van der Waals surface area contributed by atoms with Gasteiger partial charge < -0.3 is 4.90 Å². The van der Waals surface area contributed by atoms with Crippen molar-refractivity contribution in [2.45, 2.75) is 40.0 Å². The van der Waals surface area contributed by atoms with Crippen LogP contribution >= 0.6 is 0 Å². The molecule has 0 N–H and O–H groups in total. The number of piperidine rings is 1. The summed E-state index contributed by atoms with van der Waals surface area (Å²) in [7, 11) is 0. The van der Waals surface area contributed by atoms with E-state index >= 15 is 0 Å². The normalized spacial score (nSPS) is 14.1. The Morgan fingerprint density at radius 1 is 0.889 bits per heavy atom. The number of carbonyl (C=O) groups excluding carboxylic acids is 2. The highest BCUT2D eigenvalue weighted by molar-refractivity contribution is 6.09. The minimum Gasteiger partial charge on any atom is -0.341 e. The molecule has 0 radical (unpaired) electrons. The molecule has 27 heavy (non-hydrogen) atoms. The summed E-state index contributed by atoms with van der Waals surface area (Å²) in [5, 5.41) is 0. The first-order chi connectivity index (χ1) is 13.0. The van der Waals surface area contributed by atoms with E-state index in [4.69, 9.17) is 0 Å². The monoisotopic (exact) mass is 364 g/mol. The fourth-order valence-corrected chi connectivity index (χ4v) is 3.58. The lowest BCUT2D eigenvalue weighted by Gasteiger charge is -2.30. The van der Waals surface area contributed by atoms with Crippen LogP contribution in [0.15, 0.2) is 42.5 Å². The molecule has 1 heterocycles. The van der Waals surface area contributed by atoms with Gasteiger partial charge in [0.25, 0.3) is 5.91 Å². The fraction of sp³-hybridized carbons (Fsp3) is 0.391. The molecule has 0 atom stereocenters. The van der Waals surface area contributed by atoms with Gasteiger partial charge in [0.05, 0.1) is 0 Å². The molecule has 3 rings (SSSR count). The van der Waals surface area contributed by atoms with Gasteiger partial charge in [0, 0.05) is 24.3 Å². The molecule has 0 aromatic heterocycles. The van der Waals surface area contributed by atoms with Crippen molar-refractivity contribution in [3.8, 4) is 0 Å². The average Bonchev–Trinajstić information content (AvgIpc) is 2.67. The topological polar surface area (TPSA) is 40.6 Å². The highest BCUT2D eigenvalue weighted by Gasteiger charge is 2.25. The first kappa shape index (κ1) is 19.2. The second-order valence-corrected chi connectivity index (χ2v) is 7.49. The van der Waals surface area contributed by atoms with Crippen molar-refractivity contribution < 1.29 is 9.59 Å². The number of rotatable bonds is 4. The van der Waals surface area contributed by atoms with E-state index < -0.39 is 0 Å². The number of benzene rings is 2. The summed E-state index contributed by atoms with van der Waals surface area (Å²) in [5.74, 6) is -0.102. The van der Waals surface area contributed by atoms with Crippen molar-refractivity contribution in [3.63, 3.8) is 0 Å². The molecular formula is C23H28N2O2. The van der Waals surface area contributed by atoms with Gasteiger partial charge in [-0.3, -0.25) is 14.5 Å². The highest BCUT2D eigenvalue weighted by atomic mass is 16.2. The summed E-state index contributed by atoms with van der Waals surface area (Å²) in [6, 6.07) is 13.6. The Bertz CT molecular complexity index is 821. The van der Waals surface area contributed by atoms with E-state index in [0.717, 1.165) is 48.3 Å². The molecular weight excluding hydrogens is 336 g/mol. The van der Waals surface area contributed by atoms with Gasteiger partial charge in [-0.1, -0.05) is 35.4 Å². The van der Waals surface area contributed by atoms with Gasteiger partial charge in [-0.15, -0.1) is 0 Å². The number of anilines is 1. The predicted molar refractivity (Wildman–Crippen MR) is 109 cm³/mol. The second-order valence-electron chi connectivity index (χ2n) is 7.49. The van der Waals surface area contributed by atoms with E-state index in [2.05, 4.69) is 0 Å². The summed E-state index contributed by atoms with van der Waals surface area (Å²) in [4.78, 5) is 29.7. The van der Waals surface area contributed by atoms with Crippen molar-refractivity contribution >= 4 is 17.5 Å². The third-order valence-electron chi connectivity index (χ3n) is 5.21. The summed E-state index contributed by atoms with van der Waals surface area (Å²) in [6.45, 7) is 7.63. The van der Waals surface area contributed by atoms with Gasteiger partial charge in [0.2, 0.25) is 5.91 Å². The van der Waals surface area contributed by atoms with Crippen LogP contribution in [0.3, 0.4) is 0 Å². The molecule has 1 aliphatic heterocycles. The second kappa shape index (κ2) is 8.38. The van der Waals surface area contributed by atoms with Crippen LogP contribution in [-0.4, -0.2) is 36.3 Å². The van der Waals surface area contributed by atoms with Crippen LogP contribution < -0.4 is 4.90 Å². The first-order valence-corrected chi connectivity index (χ1v) is 9.69. The number of nitrogens with zero attached hydrogens (tertiary/aromatic N) is 2. The van der Waals surface area contributed by atoms with Crippen molar-refractivity contribution in [3.05, 3.63) is 64.7 Å². The molecule has 0 aliphatic carbocycles. The molecule has 4 nitrogen and oxygen atoms in total. The zero-order valence-corrected chi connectivity index (χ0v) is 16.5. The van der Waals surface area contributed by atoms with Crippen LogP contribution in [0.1, 0.15) is 46.3 Å². The van der Waals surface area contributed by atoms with E-state index in [-0.39, 0.29) is 18.4 Å². The van der Waals surface area contributed by atoms with Gasteiger partial charge in [-0.05, 0) is 63.8 Å². The zero-order chi connectivity index (χ0) is 19.4. The van der Waals surface area contributed by atoms with Crippen LogP contribution in [0.25, 0.3) is 0 Å². The molecule has 1 fully saturated rings. The third-order valence-corrected chi connectivity index (χ3v) is 5.21. The summed E-state index contributed by atoms with van der Waals surface area (Å²) < 4.78 is 0. The molecule has 2 amide bonds. The molecule has 2 aromatic rings. The van der Waals surface area contributed by atoms with Gasteiger partial charge in [-0.25, -0.2) is 0 Å². The molecule has 142 valence electrons. The van der Waals surface area contributed by atoms with Crippen LogP contribution in [0, 0.1) is 20.8 Å². The molecule has 0 bridgehead atoms. The summed E-state index contributed by atoms with van der Waals surface area (Å²) >= 11 is 0. The van der Waals surface area contributed by atoms with E-state index in [0.29, 0.717) is 5.56 Å². The summed E-state index contributed by atoms with van der Waals surface area (Å²) in [5.41, 5.74) is 4.58. The van der Waals surface area contributed by atoms with E-state index in [1.165, 1.54) is 6.42 Å². The Morgan fingerprint density at radius 2 is 1.52 bits per heavy atom. The Hall–Kier alpha value is -2.62. The lowest BCUT2D eigenvalue weighted by Crippen LogP contribution is -2.45. The lowest BCUT2D eigenvalue weighted by atomic mass is 10.0. The van der Waals surface area contributed by atoms with Gasteiger partial charge in [0.15, 0.2) is 0 Å². The Kier molecular flexibility index (Phi) is 5.94. The SMILES string of the molecule is Cc1ccc(N(CC(=O)N2CCCCC2)C(=O)c2ccc(C)cc2C)cc1. The summed E-state index contributed by atoms with van der Waals surface area (Å²) in [6.07, 6.45) is 3.26. The van der Waals surface area contributed by atoms with E-state index in [9.17, 15) is 9.59 Å². The van der Waals surface area contributed by atoms with Gasteiger partial charge >= 0.3 is 0 Å². The number of aryl methyl sites for hydroxylation is 3. The Morgan fingerprint density at radius 3 is 2.15 bits per heavy atom. The maximum atomic E-state index is 13.3. The number of amides is 2. The van der Waals surface area contributed by atoms with Crippen molar-refractivity contribution in [2.24, 2.45) is 0 Å². The molecule has 1 saturated heterocycles. The molecule has 1 aliphatic rings. The van der Waals surface area contributed by atoms with Crippen molar-refractivity contribution in [1.82, 2.24) is 4.90 Å². The number of hydrogen-bond donors (Lipinski definition) is 0. The van der Waals surface area contributed by atoms with Crippen LogP contribution in [-0.2, 0) is 4.79 Å². The van der Waals surface area contributed by atoms with Gasteiger partial charge in [0.1, 0.15) is 6.54 Å². The largest absolute Gasteiger partial charge is 0.341 e. The van der Waals surface area contributed by atoms with E-state index in [1.807, 2.05) is 68.1 Å². The minimum absolute atomic E-state index is 0.0217. The van der Waals surface area contributed by atoms with Crippen molar-refractivity contribution in [1.29, 1.82) is 0 Å². The molecule has 0 unspecified atom stereocenters. The van der Waals surface area contributed by atoms with Crippen LogP contribution in [0.5, 0.6) is 0 Å². The molecule has 2 aromatic carbocycles. The fourth-order valence-electron chi connectivity index (χ4n) is 3.58. The minimum atomic E-state index is -0.123. The number of carbonyl (C=O) groups is 2. The molecule has 4 heteroatoms. The van der Waals surface area contributed by atoms with E-state index in [1.54, 1.807) is 4.90 Å². The Labute approximate surface area is 161 Å². The number of hydrogen-bond acceptors (Lipinski definition) is 2. The zero-order valence-electron chi connectivity index (χ0n) is 16.5. The first-order valence-electron chi connectivity index (χ1n) is 9.69. The maximum Gasteiger partial charge on any atom is 0.259 e. The lowest BCUT2D eigenvalue weighted by molar-refractivity contribution is -0.130. The number of likely N-dealkylation sites (tertiary alicyclic amines) is 1. The van der Waals surface area contributed by atoms with Gasteiger partial charge in [-0.2, -0.15) is 0 Å². The predicted octanol–water partition coefficient (Wildman–Crippen LogP) is 4.27. The standard InChI is InChI=1S/C23H28N2O2/c1-17-7-10-20(11-8-17)25(16-22(26)24-13-5-4-6-14-24)23(27)21-12-9-18(2)15-19(21)3/h7-12,15H,4-6,13-14,16H2,1-3H3. The third kappa shape index (κ3) is 4.57. The van der Waals surface area contributed by atoms with Crippen LogP contribution in [0.4, 0.5) is 5.69 Å². The van der Waals surface area contributed by atoms with Crippen LogP contribution in [0.2, 0.25) is 0 Å². The smallest absolute Gasteiger partial charge is 0.259 e. The Balaban J connectivity index is 1.90. The maximum absolute atomic E-state index is 13.3. The molecule has 0 spiro atoms. The molecule has 0 saturated carbocycles. The highest BCUT2D eigenvalue weighted by Crippen LogP contribution is 2.21. The average molecular weight is 364 g/mol. The van der Waals surface area contributed by atoms with Crippen molar-refractivity contribution in [2.75, 3.05) is 24.5 Å².